The van der Waals surface area contributed by atoms with E-state index in [2.05, 4.69) is 16.5 Å². The molecule has 0 amide bonds. The summed E-state index contributed by atoms with van der Waals surface area (Å²) in [6.07, 6.45) is 0.582. The van der Waals surface area contributed by atoms with E-state index in [0.29, 0.717) is 5.02 Å². The average Bonchev–Trinajstić information content (AvgIpc) is 3.32. The highest BCUT2D eigenvalue weighted by molar-refractivity contribution is 7.10. The molecule has 3 heterocycles. The van der Waals surface area contributed by atoms with Crippen LogP contribution in [0.5, 0.6) is 5.75 Å². The fourth-order valence-corrected chi connectivity index (χ4v) is 4.54. The number of thiophene rings is 1. The van der Waals surface area contributed by atoms with Gasteiger partial charge in [0, 0.05) is 22.0 Å². The molecule has 0 saturated heterocycles. The van der Waals surface area contributed by atoms with Gasteiger partial charge in [0.05, 0.1) is 16.6 Å². The Kier molecular flexibility index (Phi) is 3.92. The molecule has 2 aromatic carbocycles. The molecule has 130 valence electrons. The molecular formula is C20H14Cl2N2OS. The monoisotopic (exact) mass is 400 g/mol. The first-order valence-electron chi connectivity index (χ1n) is 8.30. The third-order valence-corrected chi connectivity index (χ3v) is 6.11. The summed E-state index contributed by atoms with van der Waals surface area (Å²) in [5.41, 5.74) is 3.19. The highest BCUT2D eigenvalue weighted by Gasteiger charge is 2.41. The van der Waals surface area contributed by atoms with E-state index in [0.717, 1.165) is 38.9 Å². The highest BCUT2D eigenvalue weighted by atomic mass is 35.5. The number of fused-ring (bicyclic) bond motifs is 3. The molecule has 0 fully saturated rings. The molecule has 2 unspecified atom stereocenters. The molecule has 0 N–H and O–H groups in total. The molecule has 1 aromatic heterocycles. The van der Waals surface area contributed by atoms with Crippen molar-refractivity contribution >= 4 is 40.3 Å². The quantitative estimate of drug-likeness (QED) is 0.504. The van der Waals surface area contributed by atoms with Crippen molar-refractivity contribution in [2.75, 3.05) is 0 Å². The molecule has 0 saturated carbocycles. The Hall–Kier alpha value is -2.01. The molecule has 3 aromatic rings. The molecule has 2 aliphatic rings. The van der Waals surface area contributed by atoms with Crippen molar-refractivity contribution in [2.45, 2.75) is 18.7 Å². The predicted molar refractivity (Wildman–Crippen MR) is 106 cm³/mol. The Morgan fingerprint density at radius 1 is 1.04 bits per heavy atom. The number of halogens is 2. The maximum absolute atomic E-state index is 6.30. The molecule has 0 bridgehead atoms. The normalized spacial score (nSPS) is 21.0. The molecule has 5 rings (SSSR count). The van der Waals surface area contributed by atoms with Crippen LogP contribution in [0.1, 0.15) is 34.7 Å². The Bertz CT molecular complexity index is 986. The molecular weight excluding hydrogens is 387 g/mol. The number of hydrogen-bond donors (Lipinski definition) is 0. The Balaban J connectivity index is 1.60. The second-order valence-electron chi connectivity index (χ2n) is 6.32. The average molecular weight is 401 g/mol. The Morgan fingerprint density at radius 2 is 1.85 bits per heavy atom. The third kappa shape index (κ3) is 2.69. The first-order chi connectivity index (χ1) is 12.7. The smallest absolute Gasteiger partial charge is 0.222 e. The molecule has 2 atom stereocenters. The van der Waals surface area contributed by atoms with Crippen LogP contribution in [0.25, 0.3) is 0 Å². The molecule has 26 heavy (non-hydrogen) atoms. The lowest BCUT2D eigenvalue weighted by Crippen LogP contribution is -2.33. The zero-order valence-electron chi connectivity index (χ0n) is 13.6. The van der Waals surface area contributed by atoms with Crippen molar-refractivity contribution in [1.82, 2.24) is 5.01 Å². The summed E-state index contributed by atoms with van der Waals surface area (Å²) >= 11 is 14.0. The summed E-state index contributed by atoms with van der Waals surface area (Å²) < 4.78 is 6.30. The first-order valence-corrected chi connectivity index (χ1v) is 9.94. The zero-order valence-corrected chi connectivity index (χ0v) is 15.9. The van der Waals surface area contributed by atoms with Gasteiger partial charge in [-0.05, 0) is 47.3 Å². The van der Waals surface area contributed by atoms with Crippen LogP contribution in [0.15, 0.2) is 65.1 Å². The lowest BCUT2D eigenvalue weighted by atomic mass is 9.96. The van der Waals surface area contributed by atoms with Crippen molar-refractivity contribution in [3.8, 4) is 5.75 Å². The van der Waals surface area contributed by atoms with E-state index in [1.807, 2.05) is 48.5 Å². The van der Waals surface area contributed by atoms with E-state index in [1.54, 1.807) is 11.3 Å². The van der Waals surface area contributed by atoms with E-state index >= 15 is 0 Å². The van der Waals surface area contributed by atoms with Crippen LogP contribution in [-0.4, -0.2) is 10.7 Å². The minimum atomic E-state index is -0.224. The van der Waals surface area contributed by atoms with Crippen LogP contribution in [0, 0.1) is 0 Å². The van der Waals surface area contributed by atoms with Gasteiger partial charge in [-0.25, -0.2) is 5.01 Å². The van der Waals surface area contributed by atoms with Crippen LogP contribution in [0.2, 0.25) is 10.0 Å². The SMILES string of the molecule is Clc1ccc(C2=NN3C(C2)c2cc(Cl)ccc2OC3c2cccs2)cc1. The fraction of sp³-hybridized carbons (Fsp3) is 0.150. The molecule has 2 aliphatic heterocycles. The summed E-state index contributed by atoms with van der Waals surface area (Å²) in [5.74, 6) is 0.876. The van der Waals surface area contributed by atoms with Crippen molar-refractivity contribution < 1.29 is 4.74 Å². The van der Waals surface area contributed by atoms with E-state index < -0.39 is 0 Å². The van der Waals surface area contributed by atoms with Crippen molar-refractivity contribution in [1.29, 1.82) is 0 Å². The summed E-state index contributed by atoms with van der Waals surface area (Å²) in [6.45, 7) is 0. The third-order valence-electron chi connectivity index (χ3n) is 4.72. The molecule has 0 spiro atoms. The standard InChI is InChI=1S/C20H14Cl2N2OS/c21-13-5-3-12(4-6-13)16-11-17-15-10-14(22)7-8-18(15)25-20(24(17)23-16)19-2-1-9-26-19/h1-10,17,20H,11H2. The van der Waals surface area contributed by atoms with Crippen LogP contribution < -0.4 is 4.74 Å². The van der Waals surface area contributed by atoms with Gasteiger partial charge in [0.2, 0.25) is 6.23 Å². The van der Waals surface area contributed by atoms with E-state index in [4.69, 9.17) is 33.0 Å². The first kappa shape index (κ1) is 16.2. The van der Waals surface area contributed by atoms with Crippen molar-refractivity contribution in [3.63, 3.8) is 0 Å². The lowest BCUT2D eigenvalue weighted by molar-refractivity contribution is -0.0165. The Labute approximate surface area is 165 Å². The number of hydrogen-bond acceptors (Lipinski definition) is 4. The van der Waals surface area contributed by atoms with Crippen LogP contribution in [0.3, 0.4) is 0 Å². The fourth-order valence-electron chi connectivity index (χ4n) is 3.49. The minimum absolute atomic E-state index is 0.107. The zero-order chi connectivity index (χ0) is 17.7. The van der Waals surface area contributed by atoms with Crippen LogP contribution in [-0.2, 0) is 0 Å². The molecule has 0 radical (unpaired) electrons. The maximum Gasteiger partial charge on any atom is 0.222 e. The van der Waals surface area contributed by atoms with Gasteiger partial charge < -0.3 is 4.74 Å². The number of benzene rings is 2. The second-order valence-corrected chi connectivity index (χ2v) is 8.17. The minimum Gasteiger partial charge on any atom is -0.464 e. The number of ether oxygens (including phenoxy) is 1. The van der Waals surface area contributed by atoms with Gasteiger partial charge >= 0.3 is 0 Å². The Morgan fingerprint density at radius 3 is 2.62 bits per heavy atom. The van der Waals surface area contributed by atoms with Gasteiger partial charge in [-0.2, -0.15) is 5.10 Å². The second kappa shape index (κ2) is 6.31. The van der Waals surface area contributed by atoms with Gasteiger partial charge in [-0.1, -0.05) is 41.4 Å². The molecule has 3 nitrogen and oxygen atoms in total. The van der Waals surface area contributed by atoms with Crippen molar-refractivity contribution in [2.24, 2.45) is 5.10 Å². The van der Waals surface area contributed by atoms with Crippen LogP contribution in [0.4, 0.5) is 0 Å². The lowest BCUT2D eigenvalue weighted by Gasteiger charge is -2.37. The van der Waals surface area contributed by atoms with E-state index in [9.17, 15) is 0 Å². The van der Waals surface area contributed by atoms with Gasteiger partial charge in [-0.3, -0.25) is 0 Å². The molecule has 0 aliphatic carbocycles. The largest absolute Gasteiger partial charge is 0.464 e. The van der Waals surface area contributed by atoms with E-state index in [-0.39, 0.29) is 12.3 Å². The summed E-state index contributed by atoms with van der Waals surface area (Å²) in [4.78, 5) is 1.14. The topological polar surface area (TPSA) is 24.8 Å². The number of nitrogens with zero attached hydrogens (tertiary/aromatic N) is 2. The number of rotatable bonds is 2. The molecule has 6 heteroatoms. The summed E-state index contributed by atoms with van der Waals surface area (Å²) in [7, 11) is 0. The van der Waals surface area contributed by atoms with Gasteiger partial charge in [0.15, 0.2) is 0 Å². The van der Waals surface area contributed by atoms with Crippen LogP contribution >= 0.6 is 34.5 Å². The summed E-state index contributed by atoms with van der Waals surface area (Å²) in [6, 6.07) is 17.9. The van der Waals surface area contributed by atoms with Gasteiger partial charge in [0.25, 0.3) is 0 Å². The maximum atomic E-state index is 6.30. The van der Waals surface area contributed by atoms with Gasteiger partial charge in [-0.15, -0.1) is 11.3 Å². The number of hydrazone groups is 1. The highest BCUT2D eigenvalue weighted by Crippen LogP contribution is 2.48. The van der Waals surface area contributed by atoms with E-state index in [1.165, 1.54) is 0 Å². The van der Waals surface area contributed by atoms with Crippen molar-refractivity contribution in [3.05, 3.63) is 86.0 Å². The predicted octanol–water partition coefficient (Wildman–Crippen LogP) is 6.30. The van der Waals surface area contributed by atoms with Gasteiger partial charge in [0.1, 0.15) is 5.75 Å². The summed E-state index contributed by atoms with van der Waals surface area (Å²) in [5, 5.41) is 10.5.